The molecule has 0 radical (unpaired) electrons. The molecule has 1 fully saturated rings. The van der Waals surface area contributed by atoms with Crippen LogP contribution in [0.1, 0.15) is 29.9 Å². The van der Waals surface area contributed by atoms with E-state index in [0.29, 0.717) is 24.6 Å². The lowest BCUT2D eigenvalue weighted by molar-refractivity contribution is 0.0611. The van der Waals surface area contributed by atoms with E-state index in [1.54, 1.807) is 17.0 Å². The molecule has 8 heteroatoms. The van der Waals surface area contributed by atoms with Gasteiger partial charge >= 0.3 is 0 Å². The predicted octanol–water partition coefficient (Wildman–Crippen LogP) is 3.09. The fraction of sp³-hybridized carbons (Fsp3) is 0.316. The van der Waals surface area contributed by atoms with Gasteiger partial charge in [-0.25, -0.2) is 14.1 Å². The van der Waals surface area contributed by atoms with Crippen molar-refractivity contribution in [2.24, 2.45) is 5.73 Å². The molecular weight excluding hydrogens is 365 g/mol. The Morgan fingerprint density at radius 2 is 2.19 bits per heavy atom. The summed E-state index contributed by atoms with van der Waals surface area (Å²) >= 11 is 1.49. The van der Waals surface area contributed by atoms with E-state index in [1.165, 1.54) is 28.2 Å². The number of halogens is 1. The average Bonchev–Trinajstić information content (AvgIpc) is 3.37. The van der Waals surface area contributed by atoms with Crippen LogP contribution in [0.2, 0.25) is 0 Å². The number of benzene rings is 1. The lowest BCUT2D eigenvalue weighted by Gasteiger charge is -2.34. The molecule has 1 aliphatic heterocycles. The summed E-state index contributed by atoms with van der Waals surface area (Å²) in [7, 11) is 0. The van der Waals surface area contributed by atoms with Crippen LogP contribution in [0, 0.1) is 5.82 Å². The maximum Gasteiger partial charge on any atom is 0.293 e. The third-order valence-electron chi connectivity index (χ3n) is 4.75. The summed E-state index contributed by atoms with van der Waals surface area (Å²) in [6.07, 6.45) is 2.91. The quantitative estimate of drug-likeness (QED) is 0.749. The van der Waals surface area contributed by atoms with Crippen molar-refractivity contribution < 1.29 is 9.18 Å². The molecule has 1 saturated heterocycles. The molecule has 1 amide bonds. The van der Waals surface area contributed by atoms with Gasteiger partial charge in [0.1, 0.15) is 5.82 Å². The average molecular weight is 385 g/mol. The minimum Gasteiger partial charge on any atom is -0.332 e. The van der Waals surface area contributed by atoms with Crippen molar-refractivity contribution in [2.75, 3.05) is 13.1 Å². The Hall–Kier alpha value is -2.58. The predicted molar refractivity (Wildman–Crippen MR) is 102 cm³/mol. The molecule has 0 saturated carbocycles. The van der Waals surface area contributed by atoms with Crippen molar-refractivity contribution in [3.63, 3.8) is 0 Å². The maximum absolute atomic E-state index is 13.7. The fourth-order valence-corrected chi connectivity index (χ4v) is 4.10. The van der Waals surface area contributed by atoms with Crippen molar-refractivity contribution in [3.05, 3.63) is 53.4 Å². The number of carbonyl (C=O) groups excluding carboxylic acids is 1. The Morgan fingerprint density at radius 1 is 1.30 bits per heavy atom. The highest BCUT2D eigenvalue weighted by Crippen LogP contribution is 2.27. The van der Waals surface area contributed by atoms with E-state index >= 15 is 0 Å². The lowest BCUT2D eigenvalue weighted by atomic mass is 10.0. The zero-order valence-corrected chi connectivity index (χ0v) is 15.5. The number of nitrogens with two attached hydrogens (primary N) is 1. The van der Waals surface area contributed by atoms with Gasteiger partial charge in [0.25, 0.3) is 5.91 Å². The van der Waals surface area contributed by atoms with E-state index in [4.69, 9.17) is 5.73 Å². The van der Waals surface area contributed by atoms with Crippen LogP contribution in [0.4, 0.5) is 4.39 Å². The van der Waals surface area contributed by atoms with Gasteiger partial charge in [-0.1, -0.05) is 12.1 Å². The van der Waals surface area contributed by atoms with Crippen LogP contribution in [-0.2, 0) is 0 Å². The highest BCUT2D eigenvalue weighted by Gasteiger charge is 2.30. The first-order chi connectivity index (χ1) is 13.2. The summed E-state index contributed by atoms with van der Waals surface area (Å²) in [5.74, 6) is 0.0496. The first-order valence-corrected chi connectivity index (χ1v) is 9.83. The van der Waals surface area contributed by atoms with Crippen LogP contribution in [0.15, 0.2) is 41.8 Å². The number of hydrogen-bond donors (Lipinski definition) is 1. The Kier molecular flexibility index (Phi) is 5.00. The molecule has 140 valence electrons. The highest BCUT2D eigenvalue weighted by molar-refractivity contribution is 7.13. The largest absolute Gasteiger partial charge is 0.332 e. The monoisotopic (exact) mass is 385 g/mol. The van der Waals surface area contributed by atoms with Crippen molar-refractivity contribution in [2.45, 2.75) is 25.3 Å². The van der Waals surface area contributed by atoms with Gasteiger partial charge < -0.3 is 10.6 Å². The Balaban J connectivity index is 1.76. The van der Waals surface area contributed by atoms with E-state index in [1.807, 2.05) is 17.5 Å². The Bertz CT molecular complexity index is 939. The third-order valence-corrected chi connectivity index (χ3v) is 5.62. The normalized spacial score (nSPS) is 17.3. The standard InChI is InChI=1S/C19H20FN5OS/c20-13-5-3-7-14(11-13)25-18(16-8-4-10-27-16)22-17(23-25)19(26)24-9-2-1-6-15(24)12-21/h3-5,7-8,10-11,15H,1-2,6,9,12,21H2. The van der Waals surface area contributed by atoms with Crippen molar-refractivity contribution in [1.29, 1.82) is 0 Å². The molecule has 0 aliphatic carbocycles. The zero-order valence-electron chi connectivity index (χ0n) is 14.7. The molecule has 6 nitrogen and oxygen atoms in total. The maximum atomic E-state index is 13.7. The summed E-state index contributed by atoms with van der Waals surface area (Å²) in [5.41, 5.74) is 6.38. The number of thiophene rings is 1. The number of piperidine rings is 1. The minimum absolute atomic E-state index is 0.0116. The second-order valence-corrected chi connectivity index (χ2v) is 7.46. The first kappa shape index (κ1) is 17.8. The molecule has 27 heavy (non-hydrogen) atoms. The molecule has 2 aromatic heterocycles. The Labute approximate surface area is 160 Å². The van der Waals surface area contributed by atoms with Crippen LogP contribution in [0.3, 0.4) is 0 Å². The molecule has 1 atom stereocenters. The number of likely N-dealkylation sites (tertiary alicyclic amines) is 1. The molecule has 1 aromatic carbocycles. The van der Waals surface area contributed by atoms with Gasteiger partial charge in [0.05, 0.1) is 10.6 Å². The summed E-state index contributed by atoms with van der Waals surface area (Å²) in [6, 6.07) is 9.93. The number of rotatable bonds is 4. The number of carbonyl (C=O) groups is 1. The minimum atomic E-state index is -0.368. The molecule has 2 N–H and O–H groups in total. The summed E-state index contributed by atoms with van der Waals surface area (Å²) < 4.78 is 15.3. The van der Waals surface area contributed by atoms with Crippen molar-refractivity contribution in [1.82, 2.24) is 19.7 Å². The molecule has 0 bridgehead atoms. The SMILES string of the molecule is NCC1CCCCN1C(=O)c1nc(-c2cccs2)n(-c2cccc(F)c2)n1. The van der Waals surface area contributed by atoms with Crippen LogP contribution < -0.4 is 5.73 Å². The summed E-state index contributed by atoms with van der Waals surface area (Å²) in [4.78, 5) is 20.2. The number of hydrogen-bond acceptors (Lipinski definition) is 5. The van der Waals surface area contributed by atoms with Gasteiger partial charge in [0.2, 0.25) is 5.82 Å². The number of aromatic nitrogens is 3. The first-order valence-electron chi connectivity index (χ1n) is 8.95. The van der Waals surface area contributed by atoms with E-state index in [9.17, 15) is 9.18 Å². The number of nitrogens with zero attached hydrogens (tertiary/aromatic N) is 4. The third kappa shape index (κ3) is 3.50. The van der Waals surface area contributed by atoms with Crippen molar-refractivity contribution >= 4 is 17.2 Å². The van der Waals surface area contributed by atoms with E-state index in [0.717, 1.165) is 24.1 Å². The molecule has 1 aliphatic rings. The Morgan fingerprint density at radius 3 is 2.93 bits per heavy atom. The van der Waals surface area contributed by atoms with Crippen LogP contribution in [0.5, 0.6) is 0 Å². The molecule has 0 spiro atoms. The second kappa shape index (κ2) is 7.58. The van der Waals surface area contributed by atoms with Gasteiger partial charge in [-0.15, -0.1) is 16.4 Å². The fourth-order valence-electron chi connectivity index (χ4n) is 3.40. The van der Waals surface area contributed by atoms with Crippen molar-refractivity contribution in [3.8, 4) is 16.4 Å². The van der Waals surface area contributed by atoms with Crippen LogP contribution >= 0.6 is 11.3 Å². The number of amides is 1. The van der Waals surface area contributed by atoms with Gasteiger partial charge in [-0.2, -0.15) is 0 Å². The van der Waals surface area contributed by atoms with E-state index in [-0.39, 0.29) is 23.6 Å². The highest BCUT2D eigenvalue weighted by atomic mass is 32.1. The van der Waals surface area contributed by atoms with Gasteiger partial charge in [0, 0.05) is 19.1 Å². The van der Waals surface area contributed by atoms with Gasteiger partial charge in [0.15, 0.2) is 5.82 Å². The van der Waals surface area contributed by atoms with Crippen LogP contribution in [0.25, 0.3) is 16.4 Å². The smallest absolute Gasteiger partial charge is 0.293 e. The second-order valence-electron chi connectivity index (χ2n) is 6.51. The lowest BCUT2D eigenvalue weighted by Crippen LogP contribution is -2.47. The van der Waals surface area contributed by atoms with E-state index < -0.39 is 0 Å². The molecule has 3 heterocycles. The zero-order chi connectivity index (χ0) is 18.8. The topological polar surface area (TPSA) is 77.0 Å². The summed E-state index contributed by atoms with van der Waals surface area (Å²) in [5, 5.41) is 6.36. The molecular formula is C19H20FN5OS. The molecule has 1 unspecified atom stereocenters. The van der Waals surface area contributed by atoms with Crippen LogP contribution in [-0.4, -0.2) is 44.7 Å². The molecule has 4 rings (SSSR count). The van der Waals surface area contributed by atoms with Gasteiger partial charge in [-0.3, -0.25) is 4.79 Å². The van der Waals surface area contributed by atoms with E-state index in [2.05, 4.69) is 10.1 Å². The van der Waals surface area contributed by atoms with Gasteiger partial charge in [-0.05, 0) is 48.9 Å². The molecule has 3 aromatic rings. The summed E-state index contributed by atoms with van der Waals surface area (Å²) in [6.45, 7) is 1.08.